The molecule has 0 radical (unpaired) electrons. The smallest absolute Gasteiger partial charge is 0.269 e. The van der Waals surface area contributed by atoms with Gasteiger partial charge in [0.25, 0.3) is 5.69 Å². The van der Waals surface area contributed by atoms with Crippen LogP contribution in [-0.2, 0) is 6.54 Å². The molecule has 0 aliphatic carbocycles. The third-order valence-electron chi connectivity index (χ3n) is 3.57. The highest BCUT2D eigenvalue weighted by Gasteiger charge is 2.11. The summed E-state index contributed by atoms with van der Waals surface area (Å²) in [6.07, 6.45) is 0. The second-order valence-corrected chi connectivity index (χ2v) is 5.14. The zero-order valence-electron chi connectivity index (χ0n) is 13.6. The van der Waals surface area contributed by atoms with Crippen molar-refractivity contribution in [2.45, 2.75) is 6.54 Å². The van der Waals surface area contributed by atoms with E-state index in [0.717, 1.165) is 11.1 Å². The molecule has 128 valence electrons. The van der Waals surface area contributed by atoms with Crippen LogP contribution in [0, 0.1) is 10.1 Å². The van der Waals surface area contributed by atoms with Crippen molar-refractivity contribution in [3.05, 3.63) is 58.1 Å². The van der Waals surface area contributed by atoms with Crippen LogP contribution in [0.25, 0.3) is 11.4 Å². The first-order valence-corrected chi connectivity index (χ1v) is 7.34. The Balaban J connectivity index is 1.79. The van der Waals surface area contributed by atoms with Crippen molar-refractivity contribution in [3.63, 3.8) is 0 Å². The van der Waals surface area contributed by atoms with Gasteiger partial charge in [-0.25, -0.2) is 0 Å². The second-order valence-electron chi connectivity index (χ2n) is 5.14. The van der Waals surface area contributed by atoms with Gasteiger partial charge >= 0.3 is 0 Å². The number of tetrazole rings is 1. The molecule has 0 amide bonds. The predicted octanol–water partition coefficient (Wildman–Crippen LogP) is 2.31. The van der Waals surface area contributed by atoms with Crippen LogP contribution >= 0.6 is 0 Å². The molecule has 0 N–H and O–H groups in total. The molecule has 1 aromatic heterocycles. The number of nitrogens with zero attached hydrogens (tertiary/aromatic N) is 5. The number of aromatic nitrogens is 4. The SMILES string of the molecule is COc1ccc(-c2nnn(Cc3ccc([N+](=O)[O-])cc3)n2)cc1OC. The van der Waals surface area contributed by atoms with Gasteiger partial charge in [-0.15, -0.1) is 10.2 Å². The predicted molar refractivity (Wildman–Crippen MR) is 88.6 cm³/mol. The fourth-order valence-electron chi connectivity index (χ4n) is 2.29. The van der Waals surface area contributed by atoms with Crippen LogP contribution in [-0.4, -0.2) is 39.4 Å². The van der Waals surface area contributed by atoms with Gasteiger partial charge in [0.15, 0.2) is 11.5 Å². The topological polar surface area (TPSA) is 105 Å². The monoisotopic (exact) mass is 341 g/mol. The molecule has 0 bridgehead atoms. The molecule has 3 aromatic rings. The van der Waals surface area contributed by atoms with Crippen LogP contribution in [0.15, 0.2) is 42.5 Å². The Morgan fingerprint density at radius 2 is 1.80 bits per heavy atom. The average Bonchev–Trinajstić information content (AvgIpc) is 3.10. The molecule has 1 heterocycles. The van der Waals surface area contributed by atoms with E-state index >= 15 is 0 Å². The van der Waals surface area contributed by atoms with Crippen molar-refractivity contribution < 1.29 is 14.4 Å². The Hall–Kier alpha value is -3.49. The highest BCUT2D eigenvalue weighted by molar-refractivity contribution is 5.60. The Kier molecular flexibility index (Phi) is 4.55. The quantitative estimate of drug-likeness (QED) is 0.500. The zero-order chi connectivity index (χ0) is 17.8. The Labute approximate surface area is 143 Å². The van der Waals surface area contributed by atoms with E-state index in [9.17, 15) is 10.1 Å². The van der Waals surface area contributed by atoms with E-state index in [0.29, 0.717) is 23.9 Å². The van der Waals surface area contributed by atoms with Crippen LogP contribution in [0.2, 0.25) is 0 Å². The minimum atomic E-state index is -0.438. The van der Waals surface area contributed by atoms with Crippen LogP contribution in [0.3, 0.4) is 0 Å². The fraction of sp³-hybridized carbons (Fsp3) is 0.188. The largest absolute Gasteiger partial charge is 0.493 e. The highest BCUT2D eigenvalue weighted by atomic mass is 16.6. The lowest BCUT2D eigenvalue weighted by Gasteiger charge is -2.07. The minimum Gasteiger partial charge on any atom is -0.493 e. The standard InChI is InChI=1S/C16H15N5O4/c1-24-14-8-5-12(9-15(14)25-2)16-17-19-20(18-16)10-11-3-6-13(7-4-11)21(22)23/h3-9H,10H2,1-2H3. The number of methoxy groups -OCH3 is 2. The first kappa shape index (κ1) is 16.4. The molecule has 3 rings (SSSR count). The molecule has 25 heavy (non-hydrogen) atoms. The summed E-state index contributed by atoms with van der Waals surface area (Å²) in [7, 11) is 3.12. The summed E-state index contributed by atoms with van der Waals surface area (Å²) in [4.78, 5) is 11.7. The van der Waals surface area contributed by atoms with Gasteiger partial charge in [-0.3, -0.25) is 10.1 Å². The molecule has 9 heteroatoms. The van der Waals surface area contributed by atoms with Gasteiger partial charge in [0.2, 0.25) is 5.82 Å². The number of hydrogen-bond donors (Lipinski definition) is 0. The number of benzene rings is 2. The lowest BCUT2D eigenvalue weighted by atomic mass is 10.2. The number of non-ortho nitro benzene ring substituents is 1. The van der Waals surface area contributed by atoms with Crippen LogP contribution < -0.4 is 9.47 Å². The van der Waals surface area contributed by atoms with Crippen molar-refractivity contribution in [2.24, 2.45) is 0 Å². The van der Waals surface area contributed by atoms with Crippen molar-refractivity contribution in [1.29, 1.82) is 0 Å². The summed E-state index contributed by atoms with van der Waals surface area (Å²) in [6, 6.07) is 11.6. The van der Waals surface area contributed by atoms with E-state index < -0.39 is 4.92 Å². The van der Waals surface area contributed by atoms with Gasteiger partial charge in [0, 0.05) is 17.7 Å². The molecular weight excluding hydrogens is 326 g/mol. The maximum absolute atomic E-state index is 10.7. The average molecular weight is 341 g/mol. The van der Waals surface area contributed by atoms with E-state index in [-0.39, 0.29) is 5.69 Å². The minimum absolute atomic E-state index is 0.0429. The summed E-state index contributed by atoms with van der Waals surface area (Å²) in [5, 5.41) is 23.1. The van der Waals surface area contributed by atoms with Crippen LogP contribution in [0.1, 0.15) is 5.56 Å². The lowest BCUT2D eigenvalue weighted by molar-refractivity contribution is -0.384. The maximum Gasteiger partial charge on any atom is 0.269 e. The Bertz CT molecular complexity index is 892. The first-order valence-electron chi connectivity index (χ1n) is 7.34. The Morgan fingerprint density at radius 1 is 1.08 bits per heavy atom. The summed E-state index contributed by atoms with van der Waals surface area (Å²) >= 11 is 0. The van der Waals surface area contributed by atoms with E-state index in [2.05, 4.69) is 15.4 Å². The Morgan fingerprint density at radius 3 is 2.44 bits per heavy atom. The van der Waals surface area contributed by atoms with Gasteiger partial charge in [0.05, 0.1) is 25.7 Å². The summed E-state index contributed by atoms with van der Waals surface area (Å²) in [6.45, 7) is 0.359. The van der Waals surface area contributed by atoms with Gasteiger partial charge in [0.1, 0.15) is 0 Å². The number of nitro groups is 1. The molecule has 9 nitrogen and oxygen atoms in total. The third-order valence-corrected chi connectivity index (χ3v) is 3.57. The van der Waals surface area contributed by atoms with E-state index in [1.807, 2.05) is 6.07 Å². The molecule has 2 aromatic carbocycles. The van der Waals surface area contributed by atoms with Crippen molar-refractivity contribution in [3.8, 4) is 22.9 Å². The van der Waals surface area contributed by atoms with E-state index in [1.165, 1.54) is 16.9 Å². The molecule has 0 aliphatic heterocycles. The third kappa shape index (κ3) is 3.55. The molecule has 0 saturated carbocycles. The number of ether oxygens (including phenoxy) is 2. The second kappa shape index (κ2) is 6.95. The van der Waals surface area contributed by atoms with Gasteiger partial charge in [-0.1, -0.05) is 12.1 Å². The van der Waals surface area contributed by atoms with E-state index in [1.54, 1.807) is 38.5 Å². The molecule has 0 aliphatic rings. The fourth-order valence-corrected chi connectivity index (χ4v) is 2.29. The van der Waals surface area contributed by atoms with Gasteiger partial charge in [-0.2, -0.15) is 4.80 Å². The van der Waals surface area contributed by atoms with Crippen molar-refractivity contribution >= 4 is 5.69 Å². The number of rotatable bonds is 6. The highest BCUT2D eigenvalue weighted by Crippen LogP contribution is 2.30. The normalized spacial score (nSPS) is 10.5. The number of nitro benzene ring substituents is 1. The van der Waals surface area contributed by atoms with E-state index in [4.69, 9.17) is 9.47 Å². The van der Waals surface area contributed by atoms with Crippen LogP contribution in [0.4, 0.5) is 5.69 Å². The zero-order valence-corrected chi connectivity index (χ0v) is 13.6. The molecule has 0 fully saturated rings. The molecule has 0 unspecified atom stereocenters. The maximum atomic E-state index is 10.7. The molecule has 0 spiro atoms. The summed E-state index contributed by atoms with van der Waals surface area (Å²) < 4.78 is 10.5. The molecule has 0 atom stereocenters. The van der Waals surface area contributed by atoms with Crippen LogP contribution in [0.5, 0.6) is 11.5 Å². The lowest BCUT2D eigenvalue weighted by Crippen LogP contribution is -2.04. The van der Waals surface area contributed by atoms with Crippen molar-refractivity contribution in [2.75, 3.05) is 14.2 Å². The molecule has 0 saturated heterocycles. The summed E-state index contributed by atoms with van der Waals surface area (Å²) in [5.41, 5.74) is 1.62. The first-order chi connectivity index (χ1) is 12.1. The van der Waals surface area contributed by atoms with Gasteiger partial charge < -0.3 is 9.47 Å². The number of hydrogen-bond acceptors (Lipinski definition) is 7. The van der Waals surface area contributed by atoms with Gasteiger partial charge in [-0.05, 0) is 29.0 Å². The molecular formula is C16H15N5O4. The van der Waals surface area contributed by atoms with Crippen molar-refractivity contribution in [1.82, 2.24) is 20.2 Å². The summed E-state index contributed by atoms with van der Waals surface area (Å²) in [5.74, 6) is 1.64.